The first-order valence-electron chi connectivity index (χ1n) is 5.07. The van der Waals surface area contributed by atoms with E-state index < -0.39 is 12.4 Å². The Morgan fingerprint density at radius 3 is 2.18 bits per heavy atom. The standard InChI is InChI=1S/C12H9BF3S/c14-13(15,16)11-6-3-10(4-7-11)5-8-12-2-1-9-17-12/h1-9H/q-1/b8-5+. The topological polar surface area (TPSA) is 0 Å². The summed E-state index contributed by atoms with van der Waals surface area (Å²) in [5.74, 6) is 0. The highest BCUT2D eigenvalue weighted by Gasteiger charge is 2.24. The highest BCUT2D eigenvalue weighted by molar-refractivity contribution is 7.10. The lowest BCUT2D eigenvalue weighted by Gasteiger charge is -2.14. The number of rotatable bonds is 3. The van der Waals surface area contributed by atoms with Gasteiger partial charge in [-0.1, -0.05) is 36.4 Å². The Balaban J connectivity index is 2.14. The third kappa shape index (κ3) is 3.23. The molecule has 0 aliphatic carbocycles. The smallest absolute Gasteiger partial charge is 0.445 e. The van der Waals surface area contributed by atoms with Crippen LogP contribution in [-0.2, 0) is 0 Å². The third-order valence-corrected chi connectivity index (χ3v) is 3.14. The largest absolute Gasteiger partial charge is 0.509 e. The fourth-order valence-electron chi connectivity index (χ4n) is 1.39. The maximum Gasteiger partial charge on any atom is 0.509 e. The van der Waals surface area contributed by atoms with Crippen LogP contribution in [0.15, 0.2) is 41.8 Å². The highest BCUT2D eigenvalue weighted by Crippen LogP contribution is 2.14. The molecule has 0 atom stereocenters. The van der Waals surface area contributed by atoms with E-state index in [2.05, 4.69) is 0 Å². The van der Waals surface area contributed by atoms with Crippen molar-refractivity contribution in [2.75, 3.05) is 0 Å². The molecule has 88 valence electrons. The van der Waals surface area contributed by atoms with E-state index in [-0.39, 0.29) is 0 Å². The van der Waals surface area contributed by atoms with Crippen LogP contribution >= 0.6 is 11.3 Å². The van der Waals surface area contributed by atoms with Crippen LogP contribution in [0.1, 0.15) is 10.4 Å². The lowest BCUT2D eigenvalue weighted by molar-refractivity contribution is 0.501. The zero-order chi connectivity index (χ0) is 12.3. The van der Waals surface area contributed by atoms with E-state index in [9.17, 15) is 12.9 Å². The summed E-state index contributed by atoms with van der Waals surface area (Å²) in [6, 6.07) is 9.08. The molecule has 0 unspecified atom stereocenters. The van der Waals surface area contributed by atoms with Crippen LogP contribution in [0.2, 0.25) is 0 Å². The molecule has 0 radical (unpaired) electrons. The Morgan fingerprint density at radius 2 is 1.65 bits per heavy atom. The van der Waals surface area contributed by atoms with E-state index in [0.29, 0.717) is 0 Å². The molecule has 0 bridgehead atoms. The van der Waals surface area contributed by atoms with Crippen molar-refractivity contribution in [2.45, 2.75) is 0 Å². The number of hydrogen-bond donors (Lipinski definition) is 0. The molecule has 0 aliphatic heterocycles. The molecule has 1 aromatic heterocycles. The molecular formula is C12H9BF3S-. The van der Waals surface area contributed by atoms with Crippen LogP contribution in [0.5, 0.6) is 0 Å². The Morgan fingerprint density at radius 1 is 0.941 bits per heavy atom. The van der Waals surface area contributed by atoms with Crippen LogP contribution < -0.4 is 5.46 Å². The van der Waals surface area contributed by atoms with Gasteiger partial charge in [-0.2, -0.15) is 0 Å². The van der Waals surface area contributed by atoms with Gasteiger partial charge in [-0.05, 0) is 23.1 Å². The van der Waals surface area contributed by atoms with E-state index in [1.165, 1.54) is 12.1 Å². The quantitative estimate of drug-likeness (QED) is 0.726. The van der Waals surface area contributed by atoms with Crippen molar-refractivity contribution in [3.05, 3.63) is 52.2 Å². The Hall–Kier alpha value is -1.49. The van der Waals surface area contributed by atoms with Gasteiger partial charge >= 0.3 is 6.98 Å². The average molecular weight is 253 g/mol. The Kier molecular flexibility index (Phi) is 3.38. The second-order valence-electron chi connectivity index (χ2n) is 3.59. The SMILES string of the molecule is F[B-](F)(F)c1ccc(/C=C/c2cccs2)cc1. The number of benzene rings is 1. The molecule has 5 heteroatoms. The fourth-order valence-corrected chi connectivity index (χ4v) is 2.01. The molecule has 2 rings (SSSR count). The normalized spacial score (nSPS) is 12.2. The molecule has 0 saturated carbocycles. The minimum Gasteiger partial charge on any atom is -0.445 e. The molecule has 0 fully saturated rings. The van der Waals surface area contributed by atoms with Crippen LogP contribution in [-0.4, -0.2) is 6.98 Å². The molecule has 0 saturated heterocycles. The van der Waals surface area contributed by atoms with E-state index >= 15 is 0 Å². The summed E-state index contributed by atoms with van der Waals surface area (Å²) < 4.78 is 37.1. The number of hydrogen-bond acceptors (Lipinski definition) is 1. The summed E-state index contributed by atoms with van der Waals surface area (Å²) in [5, 5.41) is 1.95. The molecule has 0 N–H and O–H groups in total. The van der Waals surface area contributed by atoms with E-state index in [0.717, 1.165) is 22.6 Å². The number of thiophene rings is 1. The van der Waals surface area contributed by atoms with Gasteiger partial charge in [0.15, 0.2) is 0 Å². The summed E-state index contributed by atoms with van der Waals surface area (Å²) in [6.07, 6.45) is 3.69. The monoisotopic (exact) mass is 253 g/mol. The van der Waals surface area contributed by atoms with Crippen LogP contribution in [0.4, 0.5) is 12.9 Å². The van der Waals surface area contributed by atoms with Crippen molar-refractivity contribution in [3.63, 3.8) is 0 Å². The summed E-state index contributed by atoms with van der Waals surface area (Å²) >= 11 is 1.59. The first-order chi connectivity index (χ1) is 8.05. The average Bonchev–Trinajstić information content (AvgIpc) is 2.78. The first-order valence-corrected chi connectivity index (χ1v) is 5.95. The number of halogens is 3. The molecule has 2 aromatic rings. The van der Waals surface area contributed by atoms with Crippen LogP contribution in [0.25, 0.3) is 12.2 Å². The summed E-state index contributed by atoms with van der Waals surface area (Å²) in [4.78, 5) is 1.08. The molecule has 0 spiro atoms. The molecule has 0 amide bonds. The van der Waals surface area contributed by atoms with Crippen molar-refractivity contribution in [3.8, 4) is 0 Å². The molecule has 0 aliphatic rings. The van der Waals surface area contributed by atoms with Crippen LogP contribution in [0.3, 0.4) is 0 Å². The van der Waals surface area contributed by atoms with Gasteiger partial charge in [0.25, 0.3) is 0 Å². The van der Waals surface area contributed by atoms with Gasteiger partial charge in [0.05, 0.1) is 0 Å². The molecular weight excluding hydrogens is 244 g/mol. The van der Waals surface area contributed by atoms with Gasteiger partial charge in [-0.3, -0.25) is 0 Å². The minimum absolute atomic E-state index is 0.557. The van der Waals surface area contributed by atoms with E-state index in [1.54, 1.807) is 17.4 Å². The van der Waals surface area contributed by atoms with Crippen LogP contribution in [0, 0.1) is 0 Å². The van der Waals surface area contributed by atoms with Crippen molar-refractivity contribution >= 4 is 35.9 Å². The minimum atomic E-state index is -4.89. The van der Waals surface area contributed by atoms with Gasteiger partial charge in [0.1, 0.15) is 0 Å². The summed E-state index contributed by atoms with van der Waals surface area (Å²) in [7, 11) is 0. The van der Waals surface area contributed by atoms with Gasteiger partial charge in [0, 0.05) is 4.88 Å². The second kappa shape index (κ2) is 4.79. The summed E-state index contributed by atoms with van der Waals surface area (Å²) in [6.45, 7) is -4.89. The van der Waals surface area contributed by atoms with Gasteiger partial charge < -0.3 is 12.9 Å². The molecule has 1 aromatic carbocycles. The van der Waals surface area contributed by atoms with Gasteiger partial charge in [-0.25, -0.2) is 0 Å². The van der Waals surface area contributed by atoms with E-state index in [4.69, 9.17) is 0 Å². The molecule has 0 nitrogen and oxygen atoms in total. The zero-order valence-corrected chi connectivity index (χ0v) is 9.63. The zero-order valence-electron chi connectivity index (χ0n) is 8.82. The predicted octanol–water partition coefficient (Wildman–Crippen LogP) is 3.97. The highest BCUT2D eigenvalue weighted by atomic mass is 32.1. The maximum absolute atomic E-state index is 12.4. The first kappa shape index (κ1) is 12.0. The van der Waals surface area contributed by atoms with Gasteiger partial charge in [0.2, 0.25) is 0 Å². The van der Waals surface area contributed by atoms with Crippen molar-refractivity contribution in [1.29, 1.82) is 0 Å². The van der Waals surface area contributed by atoms with Crippen molar-refractivity contribution in [2.24, 2.45) is 0 Å². The Labute approximate surface area is 101 Å². The molecule has 17 heavy (non-hydrogen) atoms. The van der Waals surface area contributed by atoms with Crippen molar-refractivity contribution in [1.82, 2.24) is 0 Å². The lowest BCUT2D eigenvalue weighted by Crippen LogP contribution is -2.33. The lowest BCUT2D eigenvalue weighted by atomic mass is 9.80. The third-order valence-electron chi connectivity index (χ3n) is 2.30. The molecule has 1 heterocycles. The maximum atomic E-state index is 12.4. The fraction of sp³-hybridized carbons (Fsp3) is 0. The predicted molar refractivity (Wildman–Crippen MR) is 68.4 cm³/mol. The van der Waals surface area contributed by atoms with Gasteiger partial charge in [-0.15, -0.1) is 16.8 Å². The second-order valence-corrected chi connectivity index (χ2v) is 4.57. The van der Waals surface area contributed by atoms with Crippen molar-refractivity contribution < 1.29 is 12.9 Å². The summed E-state index contributed by atoms with van der Waals surface area (Å²) in [5.41, 5.74) is 0.209. The van der Waals surface area contributed by atoms with E-state index in [1.807, 2.05) is 23.6 Å². The Bertz CT molecular complexity index is 498.